The highest BCUT2D eigenvalue weighted by Crippen LogP contribution is 2.18. The molecule has 2 aromatic rings. The monoisotopic (exact) mass is 378 g/mol. The van der Waals surface area contributed by atoms with Crippen molar-refractivity contribution in [3.8, 4) is 0 Å². The molecule has 0 bridgehead atoms. The maximum Gasteiger partial charge on any atom is 0.241 e. The Kier molecular flexibility index (Phi) is 5.55. The maximum atomic E-state index is 13.2. The second-order valence-corrected chi connectivity index (χ2v) is 8.28. The number of anilines is 1. The largest absolute Gasteiger partial charge is 0.354 e. The number of benzene rings is 1. The van der Waals surface area contributed by atoms with Crippen LogP contribution in [0.15, 0.2) is 41.4 Å². The van der Waals surface area contributed by atoms with Crippen LogP contribution in [-0.2, 0) is 16.6 Å². The highest BCUT2D eigenvalue weighted by Gasteiger charge is 2.18. The van der Waals surface area contributed by atoms with E-state index >= 15 is 0 Å². The van der Waals surface area contributed by atoms with E-state index < -0.39 is 15.8 Å². The topological polar surface area (TPSA) is 65.5 Å². The molecular formula is C18H23FN4O2S. The third-order valence-corrected chi connectivity index (χ3v) is 6.09. The van der Waals surface area contributed by atoms with Gasteiger partial charge in [-0.1, -0.05) is 0 Å². The van der Waals surface area contributed by atoms with E-state index in [1.54, 1.807) is 19.2 Å². The van der Waals surface area contributed by atoms with Gasteiger partial charge < -0.3 is 9.80 Å². The minimum atomic E-state index is -3.71. The van der Waals surface area contributed by atoms with Crippen molar-refractivity contribution in [1.82, 2.24) is 14.6 Å². The van der Waals surface area contributed by atoms with E-state index in [0.29, 0.717) is 5.56 Å². The molecule has 1 N–H and O–H groups in total. The molecule has 0 unspecified atom stereocenters. The van der Waals surface area contributed by atoms with Crippen LogP contribution in [0.5, 0.6) is 0 Å². The standard InChI is InChI=1S/C18H23FN4O2S/c1-14-11-16(19)3-4-17(14)26(24,25)21-13-15-5-6-20-18(12-15)23-9-7-22(2)8-10-23/h3-6,11-12,21H,7-10,13H2,1-2H3. The van der Waals surface area contributed by atoms with Crippen LogP contribution in [0.2, 0.25) is 0 Å². The fourth-order valence-electron chi connectivity index (χ4n) is 2.95. The van der Waals surface area contributed by atoms with E-state index in [9.17, 15) is 12.8 Å². The highest BCUT2D eigenvalue weighted by atomic mass is 32.2. The van der Waals surface area contributed by atoms with Crippen LogP contribution in [0.1, 0.15) is 11.1 Å². The lowest BCUT2D eigenvalue weighted by Gasteiger charge is -2.33. The van der Waals surface area contributed by atoms with Crippen LogP contribution in [-0.4, -0.2) is 51.5 Å². The van der Waals surface area contributed by atoms with Gasteiger partial charge in [0.15, 0.2) is 0 Å². The average Bonchev–Trinajstić information content (AvgIpc) is 2.61. The molecular weight excluding hydrogens is 355 g/mol. The summed E-state index contributed by atoms with van der Waals surface area (Å²) in [6, 6.07) is 7.35. The van der Waals surface area contributed by atoms with Gasteiger partial charge in [0.05, 0.1) is 4.90 Å². The number of rotatable bonds is 5. The third kappa shape index (κ3) is 4.38. The van der Waals surface area contributed by atoms with Gasteiger partial charge in [0.25, 0.3) is 0 Å². The fraction of sp³-hybridized carbons (Fsp3) is 0.389. The Labute approximate surface area is 153 Å². The average molecular weight is 378 g/mol. The Hall–Kier alpha value is -2.03. The number of pyridine rings is 1. The minimum absolute atomic E-state index is 0.0900. The van der Waals surface area contributed by atoms with Gasteiger partial charge in [-0.25, -0.2) is 22.5 Å². The van der Waals surface area contributed by atoms with Gasteiger partial charge in [0, 0.05) is 38.9 Å². The van der Waals surface area contributed by atoms with Gasteiger partial charge >= 0.3 is 0 Å². The van der Waals surface area contributed by atoms with E-state index in [-0.39, 0.29) is 11.4 Å². The van der Waals surface area contributed by atoms with Crippen LogP contribution < -0.4 is 9.62 Å². The quantitative estimate of drug-likeness (QED) is 0.859. The number of halogens is 1. The normalized spacial score (nSPS) is 16.0. The van der Waals surface area contributed by atoms with Gasteiger partial charge in [0.2, 0.25) is 10.0 Å². The predicted molar refractivity (Wildman–Crippen MR) is 99.1 cm³/mol. The van der Waals surface area contributed by atoms with Crippen LogP contribution in [0.25, 0.3) is 0 Å². The molecule has 8 heteroatoms. The van der Waals surface area contributed by atoms with E-state index in [4.69, 9.17) is 0 Å². The van der Waals surface area contributed by atoms with Crippen molar-refractivity contribution < 1.29 is 12.8 Å². The lowest BCUT2D eigenvalue weighted by Crippen LogP contribution is -2.44. The summed E-state index contributed by atoms with van der Waals surface area (Å²) < 4.78 is 40.8. The molecule has 140 valence electrons. The Balaban J connectivity index is 1.70. The summed E-state index contributed by atoms with van der Waals surface area (Å²) in [5.41, 5.74) is 1.21. The lowest BCUT2D eigenvalue weighted by molar-refractivity contribution is 0.312. The molecule has 0 saturated carbocycles. The summed E-state index contributed by atoms with van der Waals surface area (Å²) >= 11 is 0. The summed E-state index contributed by atoms with van der Waals surface area (Å²) in [5.74, 6) is 0.403. The zero-order valence-corrected chi connectivity index (χ0v) is 15.8. The smallest absolute Gasteiger partial charge is 0.241 e. The predicted octanol–water partition coefficient (Wildman–Crippen LogP) is 1.76. The zero-order chi connectivity index (χ0) is 18.7. The van der Waals surface area contributed by atoms with Gasteiger partial charge in [-0.2, -0.15) is 0 Å². The summed E-state index contributed by atoms with van der Waals surface area (Å²) in [5, 5.41) is 0. The van der Waals surface area contributed by atoms with Crippen LogP contribution in [0, 0.1) is 12.7 Å². The first-order chi connectivity index (χ1) is 12.3. The molecule has 2 heterocycles. The van der Waals surface area contributed by atoms with Crippen molar-refractivity contribution in [1.29, 1.82) is 0 Å². The third-order valence-electron chi connectivity index (χ3n) is 4.53. The van der Waals surface area contributed by atoms with Crippen molar-refractivity contribution in [2.75, 3.05) is 38.1 Å². The number of hydrogen-bond acceptors (Lipinski definition) is 5. The number of nitrogens with one attached hydrogen (secondary N) is 1. The Morgan fingerprint density at radius 1 is 1.15 bits per heavy atom. The number of sulfonamides is 1. The Morgan fingerprint density at radius 2 is 1.88 bits per heavy atom. The molecule has 1 aliphatic rings. The molecule has 3 rings (SSSR count). The van der Waals surface area contributed by atoms with Crippen molar-refractivity contribution in [2.45, 2.75) is 18.4 Å². The number of piperazine rings is 1. The van der Waals surface area contributed by atoms with Crippen molar-refractivity contribution >= 4 is 15.8 Å². The fourth-order valence-corrected chi connectivity index (χ4v) is 4.19. The summed E-state index contributed by atoms with van der Waals surface area (Å²) in [7, 11) is -1.62. The SMILES string of the molecule is Cc1cc(F)ccc1S(=O)(=O)NCc1ccnc(N2CCN(C)CC2)c1. The molecule has 0 aliphatic carbocycles. The van der Waals surface area contributed by atoms with Crippen molar-refractivity contribution in [3.05, 3.63) is 53.5 Å². The van der Waals surface area contributed by atoms with Crippen molar-refractivity contribution in [3.63, 3.8) is 0 Å². The number of hydrogen-bond donors (Lipinski definition) is 1. The number of nitrogens with zero attached hydrogens (tertiary/aromatic N) is 3. The van der Waals surface area contributed by atoms with Gasteiger partial charge in [0.1, 0.15) is 11.6 Å². The number of likely N-dealkylation sites (N-methyl/N-ethyl adjacent to an activating group) is 1. The second-order valence-electron chi connectivity index (χ2n) is 6.55. The molecule has 0 atom stereocenters. The van der Waals surface area contributed by atoms with E-state index in [1.807, 2.05) is 6.07 Å². The molecule has 1 saturated heterocycles. The molecule has 1 fully saturated rings. The van der Waals surface area contributed by atoms with Crippen LogP contribution in [0.4, 0.5) is 10.2 Å². The second kappa shape index (κ2) is 7.69. The summed E-state index contributed by atoms with van der Waals surface area (Å²) in [4.78, 5) is 8.95. The lowest BCUT2D eigenvalue weighted by atomic mass is 10.2. The summed E-state index contributed by atoms with van der Waals surface area (Å²) in [6.45, 7) is 5.48. The van der Waals surface area contributed by atoms with Gasteiger partial charge in [-0.3, -0.25) is 0 Å². The molecule has 1 aliphatic heterocycles. The molecule has 0 radical (unpaired) electrons. The first-order valence-electron chi connectivity index (χ1n) is 8.49. The first kappa shape index (κ1) is 18.8. The Morgan fingerprint density at radius 3 is 2.58 bits per heavy atom. The van der Waals surface area contributed by atoms with Gasteiger partial charge in [-0.05, 0) is 55.4 Å². The number of aryl methyl sites for hydroxylation is 1. The van der Waals surface area contributed by atoms with E-state index in [0.717, 1.165) is 43.6 Å². The Bertz CT molecular complexity index is 881. The molecule has 6 nitrogen and oxygen atoms in total. The molecule has 1 aromatic carbocycles. The maximum absolute atomic E-state index is 13.2. The first-order valence-corrected chi connectivity index (χ1v) is 9.98. The van der Waals surface area contributed by atoms with Gasteiger partial charge in [-0.15, -0.1) is 0 Å². The zero-order valence-electron chi connectivity index (χ0n) is 14.9. The molecule has 0 spiro atoms. The molecule has 26 heavy (non-hydrogen) atoms. The van der Waals surface area contributed by atoms with E-state index in [1.165, 1.54) is 12.1 Å². The summed E-state index contributed by atoms with van der Waals surface area (Å²) in [6.07, 6.45) is 1.69. The number of aromatic nitrogens is 1. The van der Waals surface area contributed by atoms with E-state index in [2.05, 4.69) is 26.6 Å². The molecule has 1 aromatic heterocycles. The minimum Gasteiger partial charge on any atom is -0.354 e. The van der Waals surface area contributed by atoms with Crippen LogP contribution >= 0.6 is 0 Å². The van der Waals surface area contributed by atoms with Crippen LogP contribution in [0.3, 0.4) is 0 Å². The highest BCUT2D eigenvalue weighted by molar-refractivity contribution is 7.89. The van der Waals surface area contributed by atoms with Crippen molar-refractivity contribution in [2.24, 2.45) is 0 Å². The molecule has 0 amide bonds.